The van der Waals surface area contributed by atoms with E-state index in [1.54, 1.807) is 0 Å². The van der Waals surface area contributed by atoms with E-state index in [4.69, 9.17) is 4.52 Å². The Morgan fingerprint density at radius 3 is 2.78 bits per heavy atom. The monoisotopic (exact) mass is 362 g/mol. The number of carbonyl (C=O) groups excluding carboxylic acids is 1. The number of aromatic nitrogens is 2. The van der Waals surface area contributed by atoms with Crippen LogP contribution in [0.4, 0.5) is 11.4 Å². The Morgan fingerprint density at radius 2 is 2.00 bits per heavy atom. The number of benzene rings is 1. The molecule has 27 heavy (non-hydrogen) atoms. The van der Waals surface area contributed by atoms with Crippen molar-refractivity contribution in [2.24, 2.45) is 0 Å². The second kappa shape index (κ2) is 6.37. The maximum Gasteiger partial charge on any atom is 0.259 e. The fraction of sp³-hybridized carbons (Fsp3) is 0.381. The van der Waals surface area contributed by atoms with E-state index in [0.717, 1.165) is 43.0 Å². The third-order valence-corrected chi connectivity index (χ3v) is 5.48. The normalized spacial score (nSPS) is 16.9. The second-order valence-corrected chi connectivity index (χ2v) is 7.48. The number of aryl methyl sites for hydroxylation is 1. The molecule has 0 radical (unpaired) electrons. The SMILES string of the molecule is Cc1noc2nc(C3CC3)cc(C(=O)Nc3ccccc3N3CCCC3)c12. The number of anilines is 2. The third-order valence-electron chi connectivity index (χ3n) is 5.48. The number of carbonyl (C=O) groups is 1. The van der Waals surface area contributed by atoms with Gasteiger partial charge >= 0.3 is 0 Å². The van der Waals surface area contributed by atoms with Crippen LogP contribution < -0.4 is 10.2 Å². The number of amides is 1. The predicted molar refractivity (Wildman–Crippen MR) is 104 cm³/mol. The van der Waals surface area contributed by atoms with Gasteiger partial charge in [0, 0.05) is 24.7 Å². The number of para-hydroxylation sites is 2. The molecule has 6 heteroatoms. The Labute approximate surface area is 157 Å². The third kappa shape index (κ3) is 2.95. The predicted octanol–water partition coefficient (Wildman–Crippen LogP) is 4.26. The van der Waals surface area contributed by atoms with E-state index >= 15 is 0 Å². The first-order valence-electron chi connectivity index (χ1n) is 9.63. The van der Waals surface area contributed by atoms with E-state index in [1.807, 2.05) is 31.2 Å². The highest BCUT2D eigenvalue weighted by molar-refractivity contribution is 6.13. The summed E-state index contributed by atoms with van der Waals surface area (Å²) < 4.78 is 5.36. The number of hydrogen-bond donors (Lipinski definition) is 1. The minimum absolute atomic E-state index is 0.137. The van der Waals surface area contributed by atoms with Gasteiger partial charge in [-0.1, -0.05) is 17.3 Å². The molecule has 1 N–H and O–H groups in total. The van der Waals surface area contributed by atoms with Crippen LogP contribution in [0.15, 0.2) is 34.9 Å². The van der Waals surface area contributed by atoms with Crippen molar-refractivity contribution in [2.75, 3.05) is 23.3 Å². The number of pyridine rings is 1. The van der Waals surface area contributed by atoms with Gasteiger partial charge < -0.3 is 14.7 Å². The van der Waals surface area contributed by atoms with Crippen molar-refractivity contribution >= 4 is 28.4 Å². The van der Waals surface area contributed by atoms with Crippen molar-refractivity contribution in [2.45, 2.75) is 38.5 Å². The smallest absolute Gasteiger partial charge is 0.259 e. The fourth-order valence-electron chi connectivity index (χ4n) is 3.88. The fourth-order valence-corrected chi connectivity index (χ4v) is 3.88. The molecule has 1 amide bonds. The van der Waals surface area contributed by atoms with Gasteiger partial charge in [0.2, 0.25) is 0 Å². The van der Waals surface area contributed by atoms with Gasteiger partial charge in [0.1, 0.15) is 0 Å². The summed E-state index contributed by atoms with van der Waals surface area (Å²) in [5.74, 6) is 0.297. The molecular weight excluding hydrogens is 340 g/mol. The van der Waals surface area contributed by atoms with Gasteiger partial charge in [0.25, 0.3) is 11.6 Å². The lowest BCUT2D eigenvalue weighted by atomic mass is 10.1. The molecule has 0 unspecified atom stereocenters. The quantitative estimate of drug-likeness (QED) is 0.751. The molecule has 1 saturated heterocycles. The lowest BCUT2D eigenvalue weighted by Gasteiger charge is -2.21. The van der Waals surface area contributed by atoms with Gasteiger partial charge in [0.15, 0.2) is 0 Å². The number of fused-ring (bicyclic) bond motifs is 1. The first kappa shape index (κ1) is 16.3. The van der Waals surface area contributed by atoms with E-state index < -0.39 is 0 Å². The minimum atomic E-state index is -0.137. The summed E-state index contributed by atoms with van der Waals surface area (Å²) in [7, 11) is 0. The van der Waals surface area contributed by atoms with Crippen molar-refractivity contribution in [3.8, 4) is 0 Å². The van der Waals surface area contributed by atoms with Gasteiger partial charge in [-0.05, 0) is 50.8 Å². The molecule has 3 aromatic rings. The van der Waals surface area contributed by atoms with E-state index in [0.29, 0.717) is 28.3 Å². The van der Waals surface area contributed by atoms with Gasteiger partial charge in [-0.25, -0.2) is 4.98 Å². The molecule has 6 nitrogen and oxygen atoms in total. The van der Waals surface area contributed by atoms with Crippen LogP contribution in [-0.2, 0) is 0 Å². The molecule has 1 aliphatic carbocycles. The highest BCUT2D eigenvalue weighted by Gasteiger charge is 2.29. The van der Waals surface area contributed by atoms with Crippen molar-refractivity contribution in [3.05, 3.63) is 47.3 Å². The Morgan fingerprint density at radius 1 is 1.22 bits per heavy atom. The lowest BCUT2D eigenvalue weighted by molar-refractivity contribution is 0.102. The molecule has 138 valence electrons. The molecule has 1 aliphatic heterocycles. The summed E-state index contributed by atoms with van der Waals surface area (Å²) in [4.78, 5) is 20.1. The molecule has 5 rings (SSSR count). The molecule has 0 atom stereocenters. The summed E-state index contributed by atoms with van der Waals surface area (Å²) in [6.45, 7) is 3.91. The topological polar surface area (TPSA) is 71.3 Å². The number of nitrogens with one attached hydrogen (secondary N) is 1. The Balaban J connectivity index is 1.53. The average Bonchev–Trinajstić information content (AvgIpc) is 3.26. The van der Waals surface area contributed by atoms with E-state index in [9.17, 15) is 4.79 Å². The van der Waals surface area contributed by atoms with Gasteiger partial charge in [-0.15, -0.1) is 0 Å². The van der Waals surface area contributed by atoms with Crippen LogP contribution in [0.25, 0.3) is 11.1 Å². The zero-order chi connectivity index (χ0) is 18.4. The highest BCUT2D eigenvalue weighted by atomic mass is 16.5. The molecule has 1 aromatic carbocycles. The first-order chi connectivity index (χ1) is 13.2. The summed E-state index contributed by atoms with van der Waals surface area (Å²) in [5.41, 5.74) is 4.59. The van der Waals surface area contributed by atoms with Crippen molar-refractivity contribution in [3.63, 3.8) is 0 Å². The summed E-state index contributed by atoms with van der Waals surface area (Å²) in [6, 6.07) is 9.93. The van der Waals surface area contributed by atoms with Crippen LogP contribution in [0.2, 0.25) is 0 Å². The molecule has 2 aliphatic rings. The first-order valence-corrected chi connectivity index (χ1v) is 9.63. The Bertz CT molecular complexity index is 1020. The maximum absolute atomic E-state index is 13.2. The van der Waals surface area contributed by atoms with Crippen LogP contribution in [0.1, 0.15) is 53.3 Å². The van der Waals surface area contributed by atoms with Crippen molar-refractivity contribution in [1.29, 1.82) is 0 Å². The summed E-state index contributed by atoms with van der Waals surface area (Å²) in [5, 5.41) is 7.85. The lowest BCUT2D eigenvalue weighted by Crippen LogP contribution is -2.21. The second-order valence-electron chi connectivity index (χ2n) is 7.48. The van der Waals surface area contributed by atoms with Gasteiger partial charge in [-0.2, -0.15) is 0 Å². The van der Waals surface area contributed by atoms with Gasteiger partial charge in [0.05, 0.1) is 28.0 Å². The standard InChI is InChI=1S/C21H22N4O2/c1-13-19-15(12-17(14-8-9-14)23-21(19)27-24-13)20(26)22-16-6-2-3-7-18(16)25-10-4-5-11-25/h2-3,6-7,12,14H,4-5,8-11H2,1H3,(H,22,26). The van der Waals surface area contributed by atoms with E-state index in [2.05, 4.69) is 26.4 Å². The number of hydrogen-bond acceptors (Lipinski definition) is 5. The van der Waals surface area contributed by atoms with Gasteiger partial charge in [-0.3, -0.25) is 4.79 Å². The van der Waals surface area contributed by atoms with Crippen molar-refractivity contribution in [1.82, 2.24) is 10.1 Å². The largest absolute Gasteiger partial charge is 0.370 e. The zero-order valence-corrected chi connectivity index (χ0v) is 15.4. The summed E-state index contributed by atoms with van der Waals surface area (Å²) in [6.07, 6.45) is 4.62. The maximum atomic E-state index is 13.2. The Kier molecular flexibility index (Phi) is 3.85. The molecule has 0 bridgehead atoms. The molecule has 3 heterocycles. The molecular formula is C21H22N4O2. The van der Waals surface area contributed by atoms with Crippen LogP contribution >= 0.6 is 0 Å². The molecule has 2 fully saturated rings. The van der Waals surface area contributed by atoms with E-state index in [1.165, 1.54) is 12.8 Å². The average molecular weight is 362 g/mol. The van der Waals surface area contributed by atoms with Crippen LogP contribution in [0.3, 0.4) is 0 Å². The molecule has 1 saturated carbocycles. The van der Waals surface area contributed by atoms with Crippen molar-refractivity contribution < 1.29 is 9.32 Å². The van der Waals surface area contributed by atoms with E-state index in [-0.39, 0.29) is 5.91 Å². The number of nitrogens with zero attached hydrogens (tertiary/aromatic N) is 3. The van der Waals surface area contributed by atoms with Crippen LogP contribution in [0.5, 0.6) is 0 Å². The highest BCUT2D eigenvalue weighted by Crippen LogP contribution is 2.40. The zero-order valence-electron chi connectivity index (χ0n) is 15.4. The Hall–Kier alpha value is -2.89. The molecule has 2 aromatic heterocycles. The van der Waals surface area contributed by atoms with Crippen LogP contribution in [0, 0.1) is 6.92 Å². The van der Waals surface area contributed by atoms with Crippen LogP contribution in [-0.4, -0.2) is 29.1 Å². The molecule has 0 spiro atoms. The summed E-state index contributed by atoms with van der Waals surface area (Å²) >= 11 is 0. The number of rotatable bonds is 4. The minimum Gasteiger partial charge on any atom is -0.370 e.